The van der Waals surface area contributed by atoms with Gasteiger partial charge in [0.05, 0.1) is 11.9 Å². The average Bonchev–Trinajstić information content (AvgIpc) is 2.88. The molecule has 0 bridgehead atoms. The quantitative estimate of drug-likeness (QED) is 0.879. The maximum Gasteiger partial charge on any atom is 0.250 e. The number of amides is 2. The normalized spacial score (nSPS) is 23.6. The van der Waals surface area contributed by atoms with Crippen LogP contribution in [-0.4, -0.2) is 33.7 Å². The summed E-state index contributed by atoms with van der Waals surface area (Å²) in [6, 6.07) is -0.870. The number of rotatable bonds is 4. The van der Waals surface area contributed by atoms with E-state index in [1.807, 2.05) is 27.0 Å². The van der Waals surface area contributed by atoms with E-state index in [0.29, 0.717) is 18.5 Å². The molecule has 2 rings (SSSR count). The van der Waals surface area contributed by atoms with Crippen LogP contribution in [0.5, 0.6) is 0 Å². The van der Waals surface area contributed by atoms with Crippen molar-refractivity contribution in [3.8, 4) is 0 Å². The molecule has 6 heteroatoms. The first-order valence-corrected chi connectivity index (χ1v) is 6.78. The fourth-order valence-electron chi connectivity index (χ4n) is 2.37. The standard InChI is InChI=1S/C13H20N4O2/c1-4-10-13(19)17(11(5-2)12(18)15-10)9-7-14-16(6-3)8-9/h7-8,10-11H,4-6H2,1-3H3,(H,15,18). The fraction of sp³-hybridized carbons (Fsp3) is 0.615. The minimum absolute atomic E-state index is 0.0513. The van der Waals surface area contributed by atoms with Crippen LogP contribution < -0.4 is 10.2 Å². The molecule has 0 aromatic carbocycles. The van der Waals surface area contributed by atoms with Gasteiger partial charge in [-0.1, -0.05) is 13.8 Å². The van der Waals surface area contributed by atoms with E-state index in [9.17, 15) is 9.59 Å². The molecule has 2 atom stereocenters. The monoisotopic (exact) mass is 264 g/mol. The van der Waals surface area contributed by atoms with Gasteiger partial charge >= 0.3 is 0 Å². The van der Waals surface area contributed by atoms with Crippen molar-refractivity contribution in [1.82, 2.24) is 15.1 Å². The molecule has 1 fully saturated rings. The molecule has 1 aromatic rings. The zero-order valence-corrected chi connectivity index (χ0v) is 11.6. The Kier molecular flexibility index (Phi) is 3.87. The third-order valence-corrected chi connectivity index (χ3v) is 3.48. The van der Waals surface area contributed by atoms with Crippen LogP contribution in [0.4, 0.5) is 5.69 Å². The second-order valence-electron chi connectivity index (χ2n) is 4.66. The third-order valence-electron chi connectivity index (χ3n) is 3.48. The first kappa shape index (κ1) is 13.6. The van der Waals surface area contributed by atoms with Gasteiger partial charge in [-0.15, -0.1) is 0 Å². The highest BCUT2D eigenvalue weighted by Crippen LogP contribution is 2.23. The highest BCUT2D eigenvalue weighted by atomic mass is 16.2. The Morgan fingerprint density at radius 2 is 2.00 bits per heavy atom. The Morgan fingerprint density at radius 1 is 1.26 bits per heavy atom. The number of hydrogen-bond donors (Lipinski definition) is 1. The van der Waals surface area contributed by atoms with E-state index in [1.165, 1.54) is 0 Å². The molecule has 6 nitrogen and oxygen atoms in total. The number of carbonyl (C=O) groups excluding carboxylic acids is 2. The molecule has 0 spiro atoms. The number of nitrogens with zero attached hydrogens (tertiary/aromatic N) is 3. The number of aryl methyl sites for hydroxylation is 1. The Balaban J connectivity index is 2.36. The highest BCUT2D eigenvalue weighted by Gasteiger charge is 2.40. The molecule has 1 N–H and O–H groups in total. The van der Waals surface area contributed by atoms with Crippen LogP contribution in [-0.2, 0) is 16.1 Å². The summed E-state index contributed by atoms with van der Waals surface area (Å²) in [5.41, 5.74) is 0.701. The zero-order chi connectivity index (χ0) is 14.0. The predicted octanol–water partition coefficient (Wildman–Crippen LogP) is 0.923. The summed E-state index contributed by atoms with van der Waals surface area (Å²) in [7, 11) is 0. The number of nitrogens with one attached hydrogen (secondary N) is 1. The maximum absolute atomic E-state index is 12.4. The van der Waals surface area contributed by atoms with Crippen molar-refractivity contribution in [3.63, 3.8) is 0 Å². The van der Waals surface area contributed by atoms with Crippen molar-refractivity contribution in [3.05, 3.63) is 12.4 Å². The lowest BCUT2D eigenvalue weighted by atomic mass is 10.0. The molecule has 0 aliphatic carbocycles. The van der Waals surface area contributed by atoms with Crippen LogP contribution in [0.25, 0.3) is 0 Å². The molecule has 1 aromatic heterocycles. The Hall–Kier alpha value is -1.85. The van der Waals surface area contributed by atoms with Gasteiger partial charge in [-0.05, 0) is 19.8 Å². The molecule has 0 radical (unpaired) electrons. The van der Waals surface area contributed by atoms with Crippen LogP contribution in [0, 0.1) is 0 Å². The molecule has 19 heavy (non-hydrogen) atoms. The second kappa shape index (κ2) is 5.42. The Morgan fingerprint density at radius 3 is 2.53 bits per heavy atom. The number of piperazine rings is 1. The fourth-order valence-corrected chi connectivity index (χ4v) is 2.37. The van der Waals surface area contributed by atoms with Gasteiger partial charge in [-0.3, -0.25) is 19.2 Å². The van der Waals surface area contributed by atoms with E-state index in [4.69, 9.17) is 0 Å². The topological polar surface area (TPSA) is 67.2 Å². The SMILES string of the molecule is CCC1NC(=O)C(CC)N(c2cnn(CC)c2)C1=O. The summed E-state index contributed by atoms with van der Waals surface area (Å²) in [5.74, 6) is -0.136. The van der Waals surface area contributed by atoms with Crippen LogP contribution in [0.15, 0.2) is 12.4 Å². The minimum Gasteiger partial charge on any atom is -0.342 e. The van der Waals surface area contributed by atoms with Gasteiger partial charge in [0.2, 0.25) is 11.8 Å². The smallest absolute Gasteiger partial charge is 0.250 e. The number of carbonyl (C=O) groups is 2. The summed E-state index contributed by atoms with van der Waals surface area (Å²) in [6.07, 6.45) is 4.64. The average molecular weight is 264 g/mol. The van der Waals surface area contributed by atoms with Gasteiger partial charge in [0.15, 0.2) is 0 Å². The van der Waals surface area contributed by atoms with Crippen molar-refractivity contribution in [2.24, 2.45) is 0 Å². The van der Waals surface area contributed by atoms with E-state index < -0.39 is 12.1 Å². The van der Waals surface area contributed by atoms with E-state index in [-0.39, 0.29) is 11.8 Å². The minimum atomic E-state index is -0.440. The number of hydrogen-bond acceptors (Lipinski definition) is 3. The summed E-state index contributed by atoms with van der Waals surface area (Å²) in [5, 5.41) is 6.96. The lowest BCUT2D eigenvalue weighted by molar-refractivity contribution is -0.134. The molecule has 2 heterocycles. The van der Waals surface area contributed by atoms with Gasteiger partial charge in [-0.2, -0.15) is 5.10 Å². The van der Waals surface area contributed by atoms with Crippen LogP contribution >= 0.6 is 0 Å². The molecule has 1 aliphatic rings. The van der Waals surface area contributed by atoms with Gasteiger partial charge in [-0.25, -0.2) is 0 Å². The van der Waals surface area contributed by atoms with Gasteiger partial charge in [0.1, 0.15) is 12.1 Å². The van der Waals surface area contributed by atoms with E-state index in [1.54, 1.807) is 15.8 Å². The van der Waals surface area contributed by atoms with Gasteiger partial charge in [0, 0.05) is 12.7 Å². The molecule has 0 saturated carbocycles. The number of aromatic nitrogens is 2. The van der Waals surface area contributed by atoms with Crippen LogP contribution in [0.3, 0.4) is 0 Å². The highest BCUT2D eigenvalue weighted by molar-refractivity contribution is 6.08. The largest absolute Gasteiger partial charge is 0.342 e. The van der Waals surface area contributed by atoms with E-state index >= 15 is 0 Å². The zero-order valence-electron chi connectivity index (χ0n) is 11.6. The van der Waals surface area contributed by atoms with Crippen LogP contribution in [0.2, 0.25) is 0 Å². The van der Waals surface area contributed by atoms with Crippen molar-refractivity contribution in [2.45, 2.75) is 52.2 Å². The lowest BCUT2D eigenvalue weighted by Crippen LogP contribution is -2.63. The maximum atomic E-state index is 12.4. The first-order chi connectivity index (χ1) is 9.12. The summed E-state index contributed by atoms with van der Waals surface area (Å²) in [6.45, 7) is 6.51. The molecule has 2 amide bonds. The van der Waals surface area contributed by atoms with E-state index in [0.717, 1.165) is 6.54 Å². The van der Waals surface area contributed by atoms with Crippen molar-refractivity contribution in [2.75, 3.05) is 4.90 Å². The van der Waals surface area contributed by atoms with Gasteiger partial charge in [0.25, 0.3) is 0 Å². The number of anilines is 1. The second-order valence-corrected chi connectivity index (χ2v) is 4.66. The molecule has 2 unspecified atom stereocenters. The predicted molar refractivity (Wildman–Crippen MR) is 71.7 cm³/mol. The van der Waals surface area contributed by atoms with E-state index in [2.05, 4.69) is 10.4 Å². The molecular weight excluding hydrogens is 244 g/mol. The van der Waals surface area contributed by atoms with Gasteiger partial charge < -0.3 is 5.32 Å². The van der Waals surface area contributed by atoms with Crippen molar-refractivity contribution >= 4 is 17.5 Å². The van der Waals surface area contributed by atoms with Crippen molar-refractivity contribution in [1.29, 1.82) is 0 Å². The van der Waals surface area contributed by atoms with Crippen molar-refractivity contribution < 1.29 is 9.59 Å². The Bertz CT molecular complexity index is 483. The summed E-state index contributed by atoms with van der Waals surface area (Å²) < 4.78 is 1.75. The lowest BCUT2D eigenvalue weighted by Gasteiger charge is -2.37. The Labute approximate surface area is 112 Å². The first-order valence-electron chi connectivity index (χ1n) is 6.78. The molecule has 1 aliphatic heterocycles. The van der Waals surface area contributed by atoms with Crippen LogP contribution in [0.1, 0.15) is 33.6 Å². The third kappa shape index (κ3) is 2.34. The molecular formula is C13H20N4O2. The molecule has 104 valence electrons. The summed E-state index contributed by atoms with van der Waals surface area (Å²) >= 11 is 0. The molecule has 1 saturated heterocycles. The summed E-state index contributed by atoms with van der Waals surface area (Å²) in [4.78, 5) is 26.1.